The molecule has 0 amide bonds. The van der Waals surface area contributed by atoms with E-state index in [1.165, 1.54) is 38.5 Å². The molecule has 0 fully saturated rings. The lowest BCUT2D eigenvalue weighted by molar-refractivity contribution is 0.886. The van der Waals surface area contributed by atoms with Crippen molar-refractivity contribution in [2.75, 3.05) is 0 Å². The highest BCUT2D eigenvalue weighted by Gasteiger charge is 1.57. The molecule has 0 aliphatic carbocycles. The maximum Gasteiger partial charge on any atom is -0.0564 e. The van der Waals surface area contributed by atoms with Crippen LogP contribution >= 0.6 is 0 Å². The Labute approximate surface area is 169 Å². The van der Waals surface area contributed by atoms with Crippen LogP contribution in [-0.4, -0.2) is 0 Å². The molecule has 0 aromatic carbocycles. The quantitative estimate of drug-likeness (QED) is 0.465. The average Bonchev–Trinajstić information content (AvgIpc) is 2.18. The SMILES string of the molecule is C.C.C.C.C.C.C.C.C.C.C.C.CCCC.CCCC.CCCC. The van der Waals surface area contributed by atoms with E-state index in [-0.39, 0.29) is 89.1 Å². The molecule has 0 radical (unpaired) electrons. The highest BCUT2D eigenvalue weighted by Crippen LogP contribution is 1.77. The molecule has 0 spiro atoms. The first kappa shape index (κ1) is 157. The number of hydrogen-bond acceptors (Lipinski definition) is 0. The zero-order valence-electron chi connectivity index (χ0n) is 10.2. The van der Waals surface area contributed by atoms with Gasteiger partial charge in [0.2, 0.25) is 0 Å². The standard InChI is InChI=1S/3C4H10.12CH4/c3*1-3-4-2;;;;;;;;;;;;/h3*3-4H2,1-2H3;12*1H4. The highest BCUT2D eigenvalue weighted by atomic mass is 13.6. The molecule has 0 saturated carbocycles. The average molecular weight is 367 g/mol. The number of unbranched alkanes of at least 4 members (excludes halogenated alkanes) is 3. The van der Waals surface area contributed by atoms with E-state index in [1.807, 2.05) is 0 Å². The number of rotatable bonds is 3. The normalized spacial score (nSPS) is 3.75. The third-order valence-electron chi connectivity index (χ3n) is 1.50. The Kier molecular flexibility index (Phi) is 2020. The van der Waals surface area contributed by atoms with E-state index in [0.29, 0.717) is 0 Å². The van der Waals surface area contributed by atoms with Gasteiger partial charge in [-0.25, -0.2) is 0 Å². The lowest BCUT2D eigenvalue weighted by Gasteiger charge is -1.68. The first-order valence-electron chi connectivity index (χ1n) is 5.74. The van der Waals surface area contributed by atoms with Gasteiger partial charge in [0.1, 0.15) is 0 Å². The van der Waals surface area contributed by atoms with E-state index in [9.17, 15) is 0 Å². The molecule has 0 nitrogen and oxygen atoms in total. The summed E-state index contributed by atoms with van der Waals surface area (Å²) in [6.07, 6.45) is 7.92. The minimum Gasteiger partial charge on any atom is -0.0776 e. The van der Waals surface area contributed by atoms with Crippen LogP contribution in [0, 0.1) is 0 Å². The van der Waals surface area contributed by atoms with Gasteiger partial charge in [-0.2, -0.15) is 0 Å². The maximum absolute atomic E-state index is 2.18. The van der Waals surface area contributed by atoms with Crippen LogP contribution in [0.3, 0.4) is 0 Å². The van der Waals surface area contributed by atoms with Gasteiger partial charge in [0, 0.05) is 0 Å². The zero-order valence-corrected chi connectivity index (χ0v) is 10.2. The Hall–Kier alpha value is 0. The summed E-state index contributed by atoms with van der Waals surface area (Å²) in [6, 6.07) is 0. The molecule has 0 unspecified atom stereocenters. The highest BCUT2D eigenvalue weighted by molar-refractivity contribution is 4.13. The van der Waals surface area contributed by atoms with Crippen LogP contribution in [0.15, 0.2) is 0 Å². The van der Waals surface area contributed by atoms with Gasteiger partial charge < -0.3 is 0 Å². The summed E-state index contributed by atoms with van der Waals surface area (Å²) < 4.78 is 0. The largest absolute Gasteiger partial charge is 0.0776 e. The Balaban J connectivity index is -0.00000000312. The predicted octanol–water partition coefficient (Wildman–Crippen LogP) is 13.1. The van der Waals surface area contributed by atoms with Crippen molar-refractivity contribution in [3.63, 3.8) is 0 Å². The van der Waals surface area contributed by atoms with E-state index in [0.717, 1.165) is 0 Å². The van der Waals surface area contributed by atoms with Crippen molar-refractivity contribution in [1.82, 2.24) is 0 Å². The molecular weight excluding hydrogens is 288 g/mol. The van der Waals surface area contributed by atoms with Crippen LogP contribution in [0.5, 0.6) is 0 Å². The molecule has 24 heavy (non-hydrogen) atoms. The van der Waals surface area contributed by atoms with Crippen molar-refractivity contribution in [3.8, 4) is 0 Å². The van der Waals surface area contributed by atoms with Crippen molar-refractivity contribution >= 4 is 0 Å². The van der Waals surface area contributed by atoms with Gasteiger partial charge in [-0.1, -0.05) is 169 Å². The predicted molar refractivity (Wildman–Crippen MR) is 143 cm³/mol. The van der Waals surface area contributed by atoms with E-state index >= 15 is 0 Å². The smallest absolute Gasteiger partial charge is 0.0564 e. The molecule has 0 aromatic heterocycles. The topological polar surface area (TPSA) is 0 Å². The van der Waals surface area contributed by atoms with Crippen LogP contribution in [-0.2, 0) is 0 Å². The second kappa shape index (κ2) is 309. The van der Waals surface area contributed by atoms with Gasteiger partial charge in [-0.3, -0.25) is 0 Å². The van der Waals surface area contributed by atoms with Gasteiger partial charge in [0.25, 0.3) is 0 Å². The van der Waals surface area contributed by atoms with Crippen molar-refractivity contribution in [1.29, 1.82) is 0 Å². The minimum absolute atomic E-state index is 0. The van der Waals surface area contributed by atoms with E-state index < -0.39 is 0 Å². The molecule has 0 bridgehead atoms. The fourth-order valence-electron chi connectivity index (χ4n) is 0. The number of hydrogen-bond donors (Lipinski definition) is 0. The van der Waals surface area contributed by atoms with Crippen LogP contribution in [0.4, 0.5) is 0 Å². The molecule has 0 heteroatoms. The minimum atomic E-state index is 0. The van der Waals surface area contributed by atoms with Crippen molar-refractivity contribution in [2.24, 2.45) is 0 Å². The van der Waals surface area contributed by atoms with Crippen LogP contribution < -0.4 is 0 Å². The lowest BCUT2D eigenvalue weighted by atomic mass is 10.4. The van der Waals surface area contributed by atoms with E-state index in [4.69, 9.17) is 0 Å². The maximum atomic E-state index is 2.18. The molecule has 0 atom stereocenters. The van der Waals surface area contributed by atoms with Crippen LogP contribution in [0.1, 0.15) is 169 Å². The Morgan fingerprint density at radius 3 is 0.250 bits per heavy atom. The Morgan fingerprint density at radius 1 is 0.208 bits per heavy atom. The fourth-order valence-corrected chi connectivity index (χ4v) is 0. The van der Waals surface area contributed by atoms with Crippen molar-refractivity contribution in [3.05, 3.63) is 0 Å². The van der Waals surface area contributed by atoms with Crippen LogP contribution in [0.2, 0.25) is 0 Å². The third-order valence-corrected chi connectivity index (χ3v) is 1.50. The summed E-state index contributed by atoms with van der Waals surface area (Å²) in [6.45, 7) is 13.1. The molecule has 0 N–H and O–H groups in total. The molecule has 0 rings (SSSR count). The Bertz CT molecular complexity index is 15.5. The third kappa shape index (κ3) is 1080. The van der Waals surface area contributed by atoms with Gasteiger partial charge in [-0.15, -0.1) is 0 Å². The molecule has 0 heterocycles. The monoisotopic (exact) mass is 367 g/mol. The lowest BCUT2D eigenvalue weighted by Crippen LogP contribution is -1.47. The summed E-state index contributed by atoms with van der Waals surface area (Å²) in [5.74, 6) is 0. The Morgan fingerprint density at radius 2 is 0.250 bits per heavy atom. The summed E-state index contributed by atoms with van der Waals surface area (Å²) >= 11 is 0. The summed E-state index contributed by atoms with van der Waals surface area (Å²) in [4.78, 5) is 0. The molecule has 0 aliphatic rings. The first-order chi connectivity index (χ1) is 5.74. The second-order valence-corrected chi connectivity index (χ2v) is 3.00. The van der Waals surface area contributed by atoms with Gasteiger partial charge in [0.05, 0.1) is 0 Å². The fraction of sp³-hybridized carbons (Fsp3) is 1.00. The van der Waals surface area contributed by atoms with Crippen molar-refractivity contribution in [2.45, 2.75) is 169 Å². The second-order valence-electron chi connectivity index (χ2n) is 3.00. The molecule has 0 saturated heterocycles. The molecular formula is C24H78. The van der Waals surface area contributed by atoms with E-state index in [1.54, 1.807) is 0 Å². The summed E-state index contributed by atoms with van der Waals surface area (Å²) in [5.41, 5.74) is 0. The molecule has 0 aliphatic heterocycles. The van der Waals surface area contributed by atoms with Gasteiger partial charge >= 0.3 is 0 Å². The van der Waals surface area contributed by atoms with Gasteiger partial charge in [-0.05, 0) is 0 Å². The van der Waals surface area contributed by atoms with Crippen LogP contribution in [0.25, 0.3) is 0 Å². The zero-order chi connectivity index (χ0) is 10.2. The summed E-state index contributed by atoms with van der Waals surface area (Å²) in [5, 5.41) is 0. The summed E-state index contributed by atoms with van der Waals surface area (Å²) in [7, 11) is 0. The molecule has 0 aromatic rings. The van der Waals surface area contributed by atoms with Gasteiger partial charge in [0.15, 0.2) is 0 Å². The van der Waals surface area contributed by atoms with Crippen molar-refractivity contribution < 1.29 is 0 Å². The molecule has 174 valence electrons. The van der Waals surface area contributed by atoms with E-state index in [2.05, 4.69) is 41.5 Å². The first-order valence-corrected chi connectivity index (χ1v) is 5.74.